The van der Waals surface area contributed by atoms with Gasteiger partial charge in [0.25, 0.3) is 0 Å². The molecule has 10 heavy (non-hydrogen) atoms. The van der Waals surface area contributed by atoms with Gasteiger partial charge in [0.15, 0.2) is 0 Å². The van der Waals surface area contributed by atoms with Crippen LogP contribution in [-0.4, -0.2) is 8.07 Å². The molecule has 58 valence electrons. The van der Waals surface area contributed by atoms with Crippen LogP contribution >= 0.6 is 0 Å². The minimum absolute atomic E-state index is 0.719. The topological polar surface area (TPSA) is 0 Å². The monoisotopic (exact) mass is 154 g/mol. The lowest BCUT2D eigenvalue weighted by Crippen LogP contribution is -2.22. The van der Waals surface area contributed by atoms with Gasteiger partial charge in [0.1, 0.15) is 0 Å². The Balaban J connectivity index is 2.01. The Kier molecular flexibility index (Phi) is 1.29. The van der Waals surface area contributed by atoms with Crippen LogP contribution in [0.4, 0.5) is 0 Å². The van der Waals surface area contributed by atoms with Gasteiger partial charge in [0.2, 0.25) is 0 Å². The fourth-order valence-corrected chi connectivity index (χ4v) is 6.39. The predicted molar refractivity (Wildman–Crippen MR) is 47.9 cm³/mol. The van der Waals surface area contributed by atoms with Crippen molar-refractivity contribution in [1.29, 1.82) is 0 Å². The van der Waals surface area contributed by atoms with Crippen molar-refractivity contribution in [1.82, 2.24) is 0 Å². The molecular weight excluding hydrogens is 136 g/mol. The molecule has 0 radical (unpaired) electrons. The molecule has 0 aliphatic heterocycles. The van der Waals surface area contributed by atoms with E-state index in [1.165, 1.54) is 23.8 Å². The van der Waals surface area contributed by atoms with Crippen LogP contribution in [0.5, 0.6) is 0 Å². The van der Waals surface area contributed by atoms with Crippen LogP contribution in [0.25, 0.3) is 0 Å². The summed E-state index contributed by atoms with van der Waals surface area (Å²) in [6.45, 7) is 7.61. The molecule has 1 unspecified atom stereocenters. The van der Waals surface area contributed by atoms with Gasteiger partial charge in [-0.2, -0.15) is 0 Å². The Bertz CT molecular complexity index is 135. The maximum atomic E-state index is 2.54. The molecule has 0 spiro atoms. The lowest BCUT2D eigenvalue weighted by molar-refractivity contribution is 0.724. The van der Waals surface area contributed by atoms with Crippen LogP contribution in [0.1, 0.15) is 19.3 Å². The van der Waals surface area contributed by atoms with Gasteiger partial charge in [0.05, 0.1) is 0 Å². The second-order valence-corrected chi connectivity index (χ2v) is 10.5. The minimum Gasteiger partial charge on any atom is -0.0693 e. The van der Waals surface area contributed by atoms with Gasteiger partial charge in [-0.1, -0.05) is 38.9 Å². The third kappa shape index (κ3) is 0.867. The molecule has 0 aromatic heterocycles. The molecule has 2 saturated carbocycles. The van der Waals surface area contributed by atoms with E-state index < -0.39 is 8.07 Å². The van der Waals surface area contributed by atoms with E-state index in [1.54, 1.807) is 12.8 Å². The quantitative estimate of drug-likeness (QED) is 0.509. The zero-order valence-electron chi connectivity index (χ0n) is 7.35. The first kappa shape index (κ1) is 6.90. The second-order valence-electron chi connectivity index (χ2n) is 5.15. The van der Waals surface area contributed by atoms with Crippen LogP contribution in [0.3, 0.4) is 0 Å². The first-order valence-corrected chi connectivity index (χ1v) is 8.18. The van der Waals surface area contributed by atoms with Gasteiger partial charge < -0.3 is 0 Å². The summed E-state index contributed by atoms with van der Waals surface area (Å²) in [6, 6.07) is 0. The molecule has 0 bridgehead atoms. The van der Waals surface area contributed by atoms with Gasteiger partial charge in [-0.05, 0) is 17.4 Å². The summed E-state index contributed by atoms with van der Waals surface area (Å²) in [6.07, 6.45) is 4.68. The van der Waals surface area contributed by atoms with Crippen molar-refractivity contribution in [2.75, 3.05) is 0 Å². The molecule has 0 aromatic rings. The Hall–Kier alpha value is 0.217. The van der Waals surface area contributed by atoms with Crippen LogP contribution < -0.4 is 0 Å². The zero-order valence-corrected chi connectivity index (χ0v) is 8.35. The highest BCUT2D eigenvalue weighted by atomic mass is 28.3. The highest BCUT2D eigenvalue weighted by molar-refractivity contribution is 6.78. The van der Waals surface area contributed by atoms with Gasteiger partial charge in [0, 0.05) is 8.07 Å². The SMILES string of the molecule is C[Si](C)(C)C1[C@H]2CCC[C@@H]12. The van der Waals surface area contributed by atoms with E-state index in [9.17, 15) is 0 Å². The average Bonchev–Trinajstić information content (AvgIpc) is 2.30. The fraction of sp³-hybridized carbons (Fsp3) is 1.00. The van der Waals surface area contributed by atoms with Crippen molar-refractivity contribution in [3.05, 3.63) is 0 Å². The van der Waals surface area contributed by atoms with Gasteiger partial charge in [-0.25, -0.2) is 0 Å². The number of hydrogen-bond acceptors (Lipinski definition) is 0. The molecule has 0 N–H and O–H groups in total. The summed E-state index contributed by atoms with van der Waals surface area (Å²) in [5.74, 6) is 2.40. The lowest BCUT2D eigenvalue weighted by atomic mass is 10.2. The smallest absolute Gasteiger partial charge is 0.0479 e. The molecule has 3 atom stereocenters. The normalized spacial score (nSPS) is 45.3. The third-order valence-electron chi connectivity index (χ3n) is 3.41. The molecule has 2 aliphatic rings. The van der Waals surface area contributed by atoms with Crippen molar-refractivity contribution in [3.63, 3.8) is 0 Å². The summed E-state index contributed by atoms with van der Waals surface area (Å²) in [7, 11) is -0.719. The lowest BCUT2D eigenvalue weighted by Gasteiger charge is -2.17. The van der Waals surface area contributed by atoms with Crippen molar-refractivity contribution in [2.45, 2.75) is 44.4 Å². The first-order valence-electron chi connectivity index (χ1n) is 4.61. The van der Waals surface area contributed by atoms with E-state index in [-0.39, 0.29) is 0 Å². The predicted octanol–water partition coefficient (Wildman–Crippen LogP) is 3.12. The summed E-state index contributed by atoms with van der Waals surface area (Å²) < 4.78 is 0. The van der Waals surface area contributed by atoms with Gasteiger partial charge in [-0.15, -0.1) is 0 Å². The summed E-state index contributed by atoms with van der Waals surface area (Å²) >= 11 is 0. The molecular formula is C9H18Si. The number of fused-ring (bicyclic) bond motifs is 1. The van der Waals surface area contributed by atoms with Crippen LogP contribution in [-0.2, 0) is 0 Å². The summed E-state index contributed by atoms with van der Waals surface area (Å²) in [5.41, 5.74) is 1.22. The van der Waals surface area contributed by atoms with E-state index >= 15 is 0 Å². The van der Waals surface area contributed by atoms with Crippen molar-refractivity contribution in [3.8, 4) is 0 Å². The average molecular weight is 154 g/mol. The Morgan fingerprint density at radius 3 is 1.80 bits per heavy atom. The van der Waals surface area contributed by atoms with E-state index in [0.29, 0.717) is 0 Å². The standard InChI is InChI=1S/C9H18Si/c1-10(2,3)9-7-5-4-6-8(7)9/h7-9H,4-6H2,1-3H3/t7-,8+,9?. The summed E-state index contributed by atoms with van der Waals surface area (Å²) in [5, 5.41) is 0. The number of hydrogen-bond donors (Lipinski definition) is 0. The Morgan fingerprint density at radius 2 is 1.50 bits per heavy atom. The van der Waals surface area contributed by atoms with Gasteiger partial charge in [-0.3, -0.25) is 0 Å². The first-order chi connectivity index (χ1) is 4.61. The minimum atomic E-state index is -0.719. The highest BCUT2D eigenvalue weighted by Crippen LogP contribution is 2.65. The van der Waals surface area contributed by atoms with E-state index in [1.807, 2.05) is 0 Å². The number of rotatable bonds is 1. The van der Waals surface area contributed by atoms with E-state index in [4.69, 9.17) is 0 Å². The highest BCUT2D eigenvalue weighted by Gasteiger charge is 2.57. The summed E-state index contributed by atoms with van der Waals surface area (Å²) in [4.78, 5) is 0. The molecule has 2 aliphatic carbocycles. The second kappa shape index (κ2) is 1.88. The third-order valence-corrected chi connectivity index (χ3v) is 6.26. The molecule has 2 rings (SSSR count). The van der Waals surface area contributed by atoms with Gasteiger partial charge >= 0.3 is 0 Å². The molecule has 0 nitrogen and oxygen atoms in total. The zero-order chi connectivity index (χ0) is 7.35. The Morgan fingerprint density at radius 1 is 1.00 bits per heavy atom. The molecule has 1 heteroatoms. The van der Waals surface area contributed by atoms with Crippen LogP contribution in [0, 0.1) is 11.8 Å². The maximum absolute atomic E-state index is 2.54. The van der Waals surface area contributed by atoms with Crippen LogP contribution in [0.15, 0.2) is 0 Å². The van der Waals surface area contributed by atoms with Crippen molar-refractivity contribution < 1.29 is 0 Å². The Labute approximate surface area is 65.0 Å². The molecule has 0 heterocycles. The maximum Gasteiger partial charge on any atom is 0.0479 e. The van der Waals surface area contributed by atoms with Crippen molar-refractivity contribution >= 4 is 8.07 Å². The van der Waals surface area contributed by atoms with E-state index in [2.05, 4.69) is 19.6 Å². The fourth-order valence-electron chi connectivity index (χ4n) is 3.11. The molecule has 0 aromatic carbocycles. The van der Waals surface area contributed by atoms with E-state index in [0.717, 1.165) is 0 Å². The molecule has 0 saturated heterocycles. The largest absolute Gasteiger partial charge is 0.0693 e. The molecule has 0 amide bonds. The van der Waals surface area contributed by atoms with Crippen molar-refractivity contribution in [2.24, 2.45) is 11.8 Å². The van der Waals surface area contributed by atoms with Crippen LogP contribution in [0.2, 0.25) is 25.2 Å². The molecule has 2 fully saturated rings.